The molecule has 0 unspecified atom stereocenters. The van der Waals surface area contributed by atoms with Crippen LogP contribution in [0.5, 0.6) is 0 Å². The number of nitrogens with one attached hydrogen (secondary N) is 2. The molecule has 2 aromatic heterocycles. The first-order chi connectivity index (χ1) is 14.4. The van der Waals surface area contributed by atoms with E-state index in [1.54, 1.807) is 58.8 Å². The minimum Gasteiger partial charge on any atom is -0.326 e. The molecule has 30 heavy (non-hydrogen) atoms. The predicted molar refractivity (Wildman–Crippen MR) is 116 cm³/mol. The molecule has 0 saturated carbocycles. The molecule has 10 heteroatoms. The third-order valence-electron chi connectivity index (χ3n) is 4.24. The van der Waals surface area contributed by atoms with Gasteiger partial charge in [-0.2, -0.15) is 0 Å². The molecule has 2 amide bonds. The van der Waals surface area contributed by atoms with Crippen molar-refractivity contribution in [3.05, 3.63) is 52.9 Å². The highest BCUT2D eigenvalue weighted by Gasteiger charge is 2.16. The summed E-state index contributed by atoms with van der Waals surface area (Å²) < 4.78 is 3.30. The zero-order chi connectivity index (χ0) is 21.7. The van der Waals surface area contributed by atoms with Crippen LogP contribution in [0.1, 0.15) is 13.8 Å². The Morgan fingerprint density at radius 1 is 1.10 bits per heavy atom. The van der Waals surface area contributed by atoms with Gasteiger partial charge < -0.3 is 19.8 Å². The average Bonchev–Trinajstić information content (AvgIpc) is 3.06. The molecule has 3 rings (SSSR count). The Balaban J connectivity index is 1.67. The second-order valence-electron chi connectivity index (χ2n) is 6.48. The van der Waals surface area contributed by atoms with Gasteiger partial charge >= 0.3 is 0 Å². The Bertz CT molecular complexity index is 1140. The second kappa shape index (κ2) is 9.40. The van der Waals surface area contributed by atoms with E-state index < -0.39 is 0 Å². The van der Waals surface area contributed by atoms with Crippen molar-refractivity contribution >= 4 is 35.0 Å². The highest BCUT2D eigenvalue weighted by molar-refractivity contribution is 7.99. The quantitative estimate of drug-likeness (QED) is 0.561. The molecule has 1 aromatic carbocycles. The number of hydrogen-bond donors (Lipinski definition) is 2. The summed E-state index contributed by atoms with van der Waals surface area (Å²) in [5, 5.41) is 14.2. The van der Waals surface area contributed by atoms with Crippen molar-refractivity contribution in [1.82, 2.24) is 19.3 Å². The number of anilines is 2. The van der Waals surface area contributed by atoms with Gasteiger partial charge in [-0.25, -0.2) is 0 Å². The molecule has 156 valence electrons. The maximum absolute atomic E-state index is 12.5. The van der Waals surface area contributed by atoms with Crippen LogP contribution in [0.25, 0.3) is 11.4 Å². The topological polar surface area (TPSA) is 111 Å². The van der Waals surface area contributed by atoms with E-state index in [2.05, 4.69) is 20.8 Å². The van der Waals surface area contributed by atoms with Crippen LogP contribution >= 0.6 is 11.8 Å². The van der Waals surface area contributed by atoms with Crippen molar-refractivity contribution in [1.29, 1.82) is 0 Å². The second-order valence-corrected chi connectivity index (χ2v) is 7.42. The standard InChI is InChI=1S/C20H22N6O3S/c1-4-26-10-6-9-16(19(26)29)18-23-24-20(25(18)3)30-12-17(28)22-15-8-5-7-14(11-15)21-13(2)27/h5-11H,4,12H2,1-3H3,(H,21,27)(H,22,28). The first-order valence-electron chi connectivity index (χ1n) is 9.28. The van der Waals surface area contributed by atoms with E-state index in [4.69, 9.17) is 0 Å². The molecule has 0 spiro atoms. The first-order valence-corrected chi connectivity index (χ1v) is 10.3. The molecule has 0 radical (unpaired) electrons. The molecule has 0 atom stereocenters. The normalized spacial score (nSPS) is 10.6. The molecule has 0 aliphatic carbocycles. The third-order valence-corrected chi connectivity index (χ3v) is 5.26. The molecule has 0 aliphatic rings. The van der Waals surface area contributed by atoms with Crippen molar-refractivity contribution in [3.8, 4) is 11.4 Å². The Kier molecular flexibility index (Phi) is 6.68. The minimum absolute atomic E-state index is 0.115. The summed E-state index contributed by atoms with van der Waals surface area (Å²) in [6, 6.07) is 10.4. The molecule has 0 aliphatic heterocycles. The first kappa shape index (κ1) is 21.3. The van der Waals surface area contributed by atoms with Gasteiger partial charge in [0.25, 0.3) is 5.56 Å². The Hall–Kier alpha value is -3.40. The van der Waals surface area contributed by atoms with E-state index in [1.165, 1.54) is 18.7 Å². The van der Waals surface area contributed by atoms with Crippen LogP contribution in [0.2, 0.25) is 0 Å². The van der Waals surface area contributed by atoms with Gasteiger partial charge in [-0.1, -0.05) is 17.8 Å². The van der Waals surface area contributed by atoms with Gasteiger partial charge in [0.1, 0.15) is 0 Å². The highest BCUT2D eigenvalue weighted by atomic mass is 32.2. The van der Waals surface area contributed by atoms with Crippen molar-refractivity contribution in [2.45, 2.75) is 25.5 Å². The fourth-order valence-corrected chi connectivity index (χ4v) is 3.55. The van der Waals surface area contributed by atoms with Gasteiger partial charge in [0, 0.05) is 38.1 Å². The van der Waals surface area contributed by atoms with Crippen molar-refractivity contribution in [2.75, 3.05) is 16.4 Å². The molecule has 2 N–H and O–H groups in total. The lowest BCUT2D eigenvalue weighted by Gasteiger charge is -2.08. The van der Waals surface area contributed by atoms with Crippen LogP contribution in [-0.2, 0) is 23.2 Å². The summed E-state index contributed by atoms with van der Waals surface area (Å²) in [7, 11) is 1.76. The maximum Gasteiger partial charge on any atom is 0.261 e. The molecular weight excluding hydrogens is 404 g/mol. The van der Waals surface area contributed by atoms with E-state index in [9.17, 15) is 14.4 Å². The molecule has 3 aromatic rings. The average molecular weight is 427 g/mol. The number of pyridine rings is 1. The van der Waals surface area contributed by atoms with Crippen LogP contribution in [0, 0.1) is 0 Å². The fourth-order valence-electron chi connectivity index (χ4n) is 2.84. The lowest BCUT2D eigenvalue weighted by Crippen LogP contribution is -2.20. The lowest BCUT2D eigenvalue weighted by atomic mass is 10.2. The van der Waals surface area contributed by atoms with Crippen molar-refractivity contribution in [2.24, 2.45) is 7.05 Å². The highest BCUT2D eigenvalue weighted by Crippen LogP contribution is 2.21. The summed E-state index contributed by atoms with van der Waals surface area (Å²) in [4.78, 5) is 36.0. The van der Waals surface area contributed by atoms with Gasteiger partial charge in [0.2, 0.25) is 11.8 Å². The number of rotatable bonds is 7. The van der Waals surface area contributed by atoms with E-state index in [0.717, 1.165) is 0 Å². The number of carbonyl (C=O) groups excluding carboxylic acids is 2. The number of benzene rings is 1. The number of carbonyl (C=O) groups is 2. The van der Waals surface area contributed by atoms with Gasteiger partial charge in [-0.3, -0.25) is 14.4 Å². The maximum atomic E-state index is 12.5. The molecule has 2 heterocycles. The molecular formula is C20H22N6O3S. The molecule has 0 bridgehead atoms. The number of thioether (sulfide) groups is 1. The van der Waals surface area contributed by atoms with Gasteiger partial charge in [0.15, 0.2) is 11.0 Å². The molecule has 9 nitrogen and oxygen atoms in total. The van der Waals surface area contributed by atoms with E-state index >= 15 is 0 Å². The van der Waals surface area contributed by atoms with Crippen molar-refractivity contribution < 1.29 is 9.59 Å². The van der Waals surface area contributed by atoms with Crippen LogP contribution < -0.4 is 16.2 Å². The lowest BCUT2D eigenvalue weighted by molar-refractivity contribution is -0.114. The molecule has 0 saturated heterocycles. The number of nitrogens with zero attached hydrogens (tertiary/aromatic N) is 4. The van der Waals surface area contributed by atoms with Crippen molar-refractivity contribution in [3.63, 3.8) is 0 Å². The van der Waals surface area contributed by atoms with E-state index in [-0.39, 0.29) is 23.1 Å². The van der Waals surface area contributed by atoms with E-state index in [0.29, 0.717) is 34.5 Å². The van der Waals surface area contributed by atoms with Crippen LogP contribution in [0.15, 0.2) is 52.5 Å². The number of amides is 2. The smallest absolute Gasteiger partial charge is 0.261 e. The van der Waals surface area contributed by atoms with Crippen LogP contribution in [0.4, 0.5) is 11.4 Å². The van der Waals surface area contributed by atoms with Gasteiger partial charge in [-0.05, 0) is 37.3 Å². The monoisotopic (exact) mass is 426 g/mol. The summed E-state index contributed by atoms with van der Waals surface area (Å²) in [6.45, 7) is 3.88. The van der Waals surface area contributed by atoms with Gasteiger partial charge in [-0.15, -0.1) is 10.2 Å². The Labute approximate surface area is 177 Å². The summed E-state index contributed by atoms with van der Waals surface area (Å²) in [5.41, 5.74) is 1.51. The molecule has 0 fully saturated rings. The summed E-state index contributed by atoms with van der Waals surface area (Å²) in [6.07, 6.45) is 1.73. The predicted octanol–water partition coefficient (Wildman–Crippen LogP) is 2.35. The van der Waals surface area contributed by atoms with E-state index in [1.807, 2.05) is 6.92 Å². The SMILES string of the molecule is CCn1cccc(-c2nnc(SCC(=O)Nc3cccc(NC(C)=O)c3)n2C)c1=O. The largest absolute Gasteiger partial charge is 0.326 e. The zero-order valence-corrected chi connectivity index (χ0v) is 17.7. The van der Waals surface area contributed by atoms with Crippen LogP contribution in [-0.4, -0.2) is 36.9 Å². The van der Waals surface area contributed by atoms with Gasteiger partial charge in [0.05, 0.1) is 11.3 Å². The zero-order valence-electron chi connectivity index (χ0n) is 16.9. The Morgan fingerprint density at radius 2 is 1.83 bits per heavy atom. The summed E-state index contributed by atoms with van der Waals surface area (Å²) >= 11 is 1.22. The third kappa shape index (κ3) is 4.95. The minimum atomic E-state index is -0.224. The number of aryl methyl sites for hydroxylation is 1. The number of aromatic nitrogens is 4. The Morgan fingerprint density at radius 3 is 2.53 bits per heavy atom. The summed E-state index contributed by atoms with van der Waals surface area (Å²) in [5.74, 6) is 0.159. The fraction of sp³-hybridized carbons (Fsp3) is 0.250. The van der Waals surface area contributed by atoms with Crippen LogP contribution in [0.3, 0.4) is 0 Å². The number of hydrogen-bond acceptors (Lipinski definition) is 6.